The molecule has 0 aromatic rings. The van der Waals surface area contributed by atoms with Gasteiger partial charge in [-0.15, -0.1) is 0 Å². The van der Waals surface area contributed by atoms with Crippen molar-refractivity contribution in [1.82, 2.24) is 0 Å². The summed E-state index contributed by atoms with van der Waals surface area (Å²) in [6, 6.07) is 0. The first-order valence-electron chi connectivity index (χ1n) is 0. The molecule has 0 atom stereocenters. The number of hydrogen-bond donors (Lipinski definition) is 0. The summed E-state index contributed by atoms with van der Waals surface area (Å²) in [6.45, 7) is 0. The van der Waals surface area contributed by atoms with Gasteiger partial charge in [-0.1, -0.05) is 0 Å². The Bertz CT molecular complexity index is 16.5. The van der Waals surface area contributed by atoms with Crippen molar-refractivity contribution in [3.63, 3.8) is 0 Å². The minimum absolute atomic E-state index is 0. The van der Waals surface area contributed by atoms with E-state index in [9.17, 15) is 0 Å². The van der Waals surface area contributed by atoms with Crippen LogP contribution in [0, 0.1) is 0 Å². The number of rotatable bonds is 0. The van der Waals surface area contributed by atoms with Crippen molar-refractivity contribution in [2.24, 2.45) is 0 Å². The van der Waals surface area contributed by atoms with Gasteiger partial charge in [0.25, 0.3) is 0 Å². The van der Waals surface area contributed by atoms with E-state index in [2.05, 4.69) is 0 Å². The maximum atomic E-state index is 0. The third kappa shape index (κ3) is 396. The second kappa shape index (κ2) is 409. The predicted molar refractivity (Wildman–Crippen MR) is 361 cm³/mol. The molecule has 0 heterocycles. The van der Waals surface area contributed by atoms with Gasteiger partial charge < -0.3 is 16.4 Å². The van der Waals surface area contributed by atoms with Gasteiger partial charge in [-0.2, -0.15) is 0 Å². The molecule has 0 aromatic heterocycles. The molecule has 0 saturated heterocycles. The van der Waals surface area contributed by atoms with Crippen LogP contribution in [0.4, 0.5) is 0 Å². The minimum atomic E-state index is 0. The van der Waals surface area contributed by atoms with Crippen LogP contribution in [0.5, 0.6) is 0 Å². The summed E-state index contributed by atoms with van der Waals surface area (Å²) >= 11 is 0. The summed E-state index contributed by atoms with van der Waals surface area (Å²) in [7, 11) is 0. The molecule has 6 N–H and O–H groups in total. The van der Waals surface area contributed by atoms with Gasteiger partial charge in [-0.05, 0) is 0 Å². The van der Waals surface area contributed by atoms with Crippen LogP contribution in [0.3, 0.4) is 0 Å². The van der Waals surface area contributed by atoms with Gasteiger partial charge in [-0.3, -0.25) is 0 Å². The van der Waals surface area contributed by atoms with Crippen LogP contribution in [0.25, 0.3) is 0 Å². The van der Waals surface area contributed by atoms with Crippen molar-refractivity contribution >= 4 is 1450 Å². The Morgan fingerprint density at radius 1 is 0.0385 bits per heavy atom. The first-order chi connectivity index (χ1) is 0. The first-order valence-corrected chi connectivity index (χ1v) is 0. The second-order valence-corrected chi connectivity index (χ2v) is 0. The van der Waals surface area contributed by atoms with Crippen LogP contribution in [0.15, 0.2) is 0 Å². The van der Waals surface area contributed by atoms with Gasteiger partial charge in [0.15, 0.2) is 0 Å². The molecule has 52 heavy (non-hydrogen) atoms. The van der Waals surface area contributed by atoms with E-state index < -0.39 is 0 Å². The molecule has 0 amide bonds. The van der Waals surface area contributed by atoms with E-state index in [1.165, 1.54) is 0 Å². The average Bonchev–Trinajstić information content (AvgIpc) is 0. The summed E-state index contributed by atoms with van der Waals surface area (Å²) in [4.78, 5) is 0. The molecule has 122 valence electrons. The van der Waals surface area contributed by atoms with Crippen LogP contribution >= 0.6 is 0 Å². The zero-order valence-electron chi connectivity index (χ0n) is 1.50. The van der Waals surface area contributed by atoms with E-state index in [0.717, 1.165) is 0 Å². The third-order valence-electron chi connectivity index (χ3n) is 0. The second-order valence-electron chi connectivity index (χ2n) is 0. The SMILES string of the molecule is O.O.O.[NaH].[NaH].[NaH].[NaH].[NaH].[NaH].[NaH].[NaH].[NaH].[NaH].[NaH].[NaH].[NaH].[NaH].[NaH].[NaH].[NaH].[NaH].[NaH].[NaH].[NaH].[NaH].[NaH].[NaH].[NaH].[NaH].[NaH].[NaH].[NaH].[NaH].[NaH].[NaH].[NaH].[NaH].[NaH].[NaH].[NaH].[NaH].[NaH].[NaH].[NaH].[NaH].[NaH].[NaH].[NaH].[NaH].[NaH].[NaH].[NaH]. The molecule has 0 aliphatic carbocycles. The van der Waals surface area contributed by atoms with Crippen molar-refractivity contribution in [2.75, 3.05) is 0 Å². The van der Waals surface area contributed by atoms with Crippen LogP contribution < -0.4 is 0 Å². The predicted octanol–water partition coefficient (Wildman–Crippen LogP) is -34.3. The Kier molecular flexibility index (Phi) is 3310. The van der Waals surface area contributed by atoms with Crippen molar-refractivity contribution in [2.45, 2.75) is 0 Å². The van der Waals surface area contributed by atoms with E-state index in [-0.39, 0.29) is 1460 Å². The standard InChI is InChI=1S/49Na.3H2O.49H/h;;;;;;;;;;;;;;;;;;;;;;;;;;;;;;;;;;;;;;;;;;;;;;;;;3*1H2;;;;;;;;;;;;;;;;;;;;;;;;;;;;;;;;;;;;;;;;;;;;;;;;;. The van der Waals surface area contributed by atoms with Crippen LogP contribution in [0.2, 0.25) is 0 Å². The molecule has 0 saturated carbocycles. The van der Waals surface area contributed by atoms with Gasteiger partial charge in [0.2, 0.25) is 0 Å². The molecule has 3 nitrogen and oxygen atoms in total. The third-order valence-corrected chi connectivity index (χ3v) is 0. The van der Waals surface area contributed by atoms with Gasteiger partial charge >= 0.3 is 1450 Å². The van der Waals surface area contributed by atoms with Crippen LogP contribution in [0.1, 0.15) is 0 Å². The maximum absolute atomic E-state index is 0. The molecule has 0 bridgehead atoms. The Labute approximate surface area is 1410 Å². The molecule has 0 aliphatic rings. The van der Waals surface area contributed by atoms with Gasteiger partial charge in [-0.25, -0.2) is 0 Å². The molecule has 0 unspecified atom stereocenters. The quantitative estimate of drug-likeness (QED) is 0.216. The summed E-state index contributed by atoms with van der Waals surface area (Å²) in [5, 5.41) is 0. The Balaban J connectivity index is 0. The van der Waals surface area contributed by atoms with E-state index in [1.54, 1.807) is 0 Å². The fraction of sp³-hybridized carbons (Fsp3) is 0. The molecule has 0 rings (SSSR count). The summed E-state index contributed by atoms with van der Waals surface area (Å²) in [6.07, 6.45) is 0. The molecule has 0 spiro atoms. The normalized spacial score (nSPS) is 0. The van der Waals surface area contributed by atoms with Crippen LogP contribution in [-0.4, -0.2) is 1460 Å². The molecular formula is H55Na49O3. The van der Waals surface area contributed by atoms with Gasteiger partial charge in [0, 0.05) is 0 Å². The van der Waals surface area contributed by atoms with Crippen molar-refractivity contribution in [3.05, 3.63) is 0 Å². The van der Waals surface area contributed by atoms with Crippen molar-refractivity contribution < 1.29 is 16.4 Å². The Morgan fingerprint density at radius 2 is 0.0385 bits per heavy atom. The Hall–Kier alpha value is 48.9. The zero-order valence-corrected chi connectivity index (χ0v) is 1.50. The summed E-state index contributed by atoms with van der Waals surface area (Å²) in [5.74, 6) is 0. The first kappa shape index (κ1) is 421. The molecule has 0 fully saturated rings. The van der Waals surface area contributed by atoms with Gasteiger partial charge in [0.05, 0.1) is 0 Å². The van der Waals surface area contributed by atoms with E-state index in [1.807, 2.05) is 0 Å². The fourth-order valence-corrected chi connectivity index (χ4v) is 0. The molecule has 0 aliphatic heterocycles. The molecule has 0 aromatic carbocycles. The Morgan fingerprint density at radius 3 is 0.0385 bits per heavy atom. The fourth-order valence-electron chi connectivity index (χ4n) is 0. The van der Waals surface area contributed by atoms with E-state index >= 15 is 0 Å². The molecular weight excluding hydrogens is 1170 g/mol. The average molecular weight is 1230 g/mol. The molecule has 0 radical (unpaired) electrons. The van der Waals surface area contributed by atoms with Gasteiger partial charge in [0.1, 0.15) is 0 Å². The number of hydrogen-bond acceptors (Lipinski definition) is 0. The summed E-state index contributed by atoms with van der Waals surface area (Å²) < 4.78 is 0. The zero-order chi connectivity index (χ0) is 0. The van der Waals surface area contributed by atoms with Crippen LogP contribution in [-0.2, 0) is 0 Å². The topological polar surface area (TPSA) is 94.5 Å². The summed E-state index contributed by atoms with van der Waals surface area (Å²) in [5.41, 5.74) is 0. The van der Waals surface area contributed by atoms with Crippen molar-refractivity contribution in [1.29, 1.82) is 0 Å². The van der Waals surface area contributed by atoms with Crippen molar-refractivity contribution in [3.8, 4) is 0 Å². The van der Waals surface area contributed by atoms with E-state index in [0.29, 0.717) is 0 Å². The molecule has 52 heteroatoms. The monoisotopic (exact) mass is 1230 g/mol. The van der Waals surface area contributed by atoms with E-state index in [4.69, 9.17) is 0 Å².